The number of ether oxygens (including phenoxy) is 1. The topological polar surface area (TPSA) is 119 Å². The second-order valence-corrected chi connectivity index (χ2v) is 7.92. The third kappa shape index (κ3) is 6.06. The molecular weight excluding hydrogens is 436 g/mol. The highest BCUT2D eigenvalue weighted by Crippen LogP contribution is 2.17. The van der Waals surface area contributed by atoms with E-state index >= 15 is 0 Å². The maximum absolute atomic E-state index is 12.9. The number of fused-ring (bicyclic) bond motifs is 1. The number of carbonyl (C=O) groups is 3. The molecule has 1 heterocycles. The van der Waals surface area contributed by atoms with Crippen LogP contribution >= 0.6 is 0 Å². The number of unbranched alkanes of at least 4 members (excludes halogenated alkanes) is 2. The normalized spacial score (nSPS) is 11.6. The van der Waals surface area contributed by atoms with Gasteiger partial charge in [0.2, 0.25) is 5.91 Å². The summed E-state index contributed by atoms with van der Waals surface area (Å²) in [7, 11) is 0. The molecule has 2 N–H and O–H groups in total. The van der Waals surface area contributed by atoms with Crippen LogP contribution in [0.5, 0.6) is 0 Å². The van der Waals surface area contributed by atoms with Crippen molar-refractivity contribution in [2.24, 2.45) is 0 Å². The van der Waals surface area contributed by atoms with E-state index in [9.17, 15) is 19.2 Å². The molecule has 2 amide bonds. The summed E-state index contributed by atoms with van der Waals surface area (Å²) in [6, 6.07) is 13.3. The van der Waals surface area contributed by atoms with Crippen LogP contribution in [-0.4, -0.2) is 33.7 Å². The molecule has 0 radical (unpaired) electrons. The van der Waals surface area contributed by atoms with Gasteiger partial charge < -0.3 is 15.4 Å². The van der Waals surface area contributed by atoms with Crippen LogP contribution in [0.1, 0.15) is 50.5 Å². The number of rotatable bonds is 9. The molecular formula is C25H28N4O5. The summed E-state index contributed by atoms with van der Waals surface area (Å²) in [6.45, 7) is 5.31. The van der Waals surface area contributed by atoms with Crippen molar-refractivity contribution in [2.75, 3.05) is 10.6 Å². The molecule has 0 aliphatic carbocycles. The first kappa shape index (κ1) is 24.6. The van der Waals surface area contributed by atoms with Crippen molar-refractivity contribution in [2.45, 2.75) is 52.7 Å². The van der Waals surface area contributed by atoms with Gasteiger partial charge in [0.05, 0.1) is 5.39 Å². The molecule has 0 fully saturated rings. The number of esters is 1. The number of anilines is 2. The van der Waals surface area contributed by atoms with Gasteiger partial charge in [-0.2, -0.15) is 5.10 Å². The summed E-state index contributed by atoms with van der Waals surface area (Å²) < 4.78 is 6.68. The number of benzene rings is 2. The zero-order valence-electron chi connectivity index (χ0n) is 19.5. The lowest BCUT2D eigenvalue weighted by Gasteiger charge is -2.15. The van der Waals surface area contributed by atoms with Gasteiger partial charge in [-0.3, -0.25) is 14.4 Å². The highest BCUT2D eigenvalue weighted by atomic mass is 16.5. The standard InChI is InChI=1S/C25H28N4O5/c1-4-5-8-15-29-24(32)21-10-7-6-9-20(21)22(28-29)25(33)34-16(2)23(31)27-19-13-11-18(12-14-19)26-17(3)30/h6-7,9-14,16H,4-5,8,15H2,1-3H3,(H,26,30)(H,27,31). The molecule has 1 aromatic heterocycles. The molecule has 1 unspecified atom stereocenters. The van der Waals surface area contributed by atoms with Gasteiger partial charge >= 0.3 is 5.97 Å². The smallest absolute Gasteiger partial charge is 0.360 e. The fraction of sp³-hybridized carbons (Fsp3) is 0.320. The van der Waals surface area contributed by atoms with Gasteiger partial charge in [-0.15, -0.1) is 0 Å². The zero-order valence-corrected chi connectivity index (χ0v) is 19.5. The van der Waals surface area contributed by atoms with E-state index in [0.717, 1.165) is 19.3 Å². The predicted octanol–water partition coefficient (Wildman–Crippen LogP) is 3.73. The first-order chi connectivity index (χ1) is 16.3. The van der Waals surface area contributed by atoms with E-state index in [1.807, 2.05) is 0 Å². The zero-order chi connectivity index (χ0) is 24.7. The van der Waals surface area contributed by atoms with E-state index in [1.54, 1.807) is 48.5 Å². The lowest BCUT2D eigenvalue weighted by atomic mass is 10.1. The summed E-state index contributed by atoms with van der Waals surface area (Å²) in [5.74, 6) is -1.51. The molecule has 2 aromatic carbocycles. The number of aromatic nitrogens is 2. The Bertz CT molecular complexity index is 1250. The number of aryl methyl sites for hydroxylation is 1. The summed E-state index contributed by atoms with van der Waals surface area (Å²) in [5, 5.41) is 10.3. The van der Waals surface area contributed by atoms with Crippen LogP contribution in [0.4, 0.5) is 11.4 Å². The minimum absolute atomic E-state index is 0.00833. The van der Waals surface area contributed by atoms with Gasteiger partial charge in [-0.1, -0.05) is 38.0 Å². The highest BCUT2D eigenvalue weighted by molar-refractivity contribution is 6.03. The van der Waals surface area contributed by atoms with Gasteiger partial charge in [0, 0.05) is 30.2 Å². The molecule has 0 saturated carbocycles. The van der Waals surface area contributed by atoms with Crippen molar-refractivity contribution in [1.29, 1.82) is 0 Å². The Balaban J connectivity index is 1.75. The Morgan fingerprint density at radius 2 is 1.59 bits per heavy atom. The SMILES string of the molecule is CCCCCn1nc(C(=O)OC(C)C(=O)Nc2ccc(NC(C)=O)cc2)c2ccccc2c1=O. The molecule has 3 rings (SSSR count). The van der Waals surface area contributed by atoms with E-state index in [4.69, 9.17) is 4.74 Å². The lowest BCUT2D eigenvalue weighted by Crippen LogP contribution is -2.32. The van der Waals surface area contributed by atoms with Crippen LogP contribution in [0.25, 0.3) is 10.8 Å². The van der Waals surface area contributed by atoms with Crippen molar-refractivity contribution in [3.63, 3.8) is 0 Å². The average Bonchev–Trinajstić information content (AvgIpc) is 2.81. The first-order valence-corrected chi connectivity index (χ1v) is 11.2. The van der Waals surface area contributed by atoms with E-state index in [0.29, 0.717) is 28.7 Å². The summed E-state index contributed by atoms with van der Waals surface area (Å²) in [6.07, 6.45) is 1.57. The van der Waals surface area contributed by atoms with E-state index in [-0.39, 0.29) is 17.2 Å². The van der Waals surface area contributed by atoms with Crippen LogP contribution < -0.4 is 16.2 Å². The van der Waals surface area contributed by atoms with Crippen LogP contribution in [0.15, 0.2) is 53.3 Å². The van der Waals surface area contributed by atoms with Crippen molar-refractivity contribution < 1.29 is 19.1 Å². The Morgan fingerprint density at radius 1 is 0.971 bits per heavy atom. The fourth-order valence-corrected chi connectivity index (χ4v) is 3.40. The van der Waals surface area contributed by atoms with Gasteiger partial charge in [0.1, 0.15) is 0 Å². The van der Waals surface area contributed by atoms with Crippen LogP contribution in [0, 0.1) is 0 Å². The fourth-order valence-electron chi connectivity index (χ4n) is 3.40. The molecule has 0 bridgehead atoms. The first-order valence-electron chi connectivity index (χ1n) is 11.2. The predicted molar refractivity (Wildman–Crippen MR) is 130 cm³/mol. The van der Waals surface area contributed by atoms with Gasteiger partial charge in [-0.05, 0) is 43.7 Å². The number of hydrogen-bond donors (Lipinski definition) is 2. The second-order valence-electron chi connectivity index (χ2n) is 7.92. The number of nitrogens with zero attached hydrogens (tertiary/aromatic N) is 2. The molecule has 0 spiro atoms. The highest BCUT2D eigenvalue weighted by Gasteiger charge is 2.23. The third-order valence-corrected chi connectivity index (χ3v) is 5.16. The summed E-state index contributed by atoms with van der Waals surface area (Å²) >= 11 is 0. The molecule has 178 valence electrons. The minimum Gasteiger partial charge on any atom is -0.448 e. The maximum atomic E-state index is 12.9. The molecule has 34 heavy (non-hydrogen) atoms. The monoisotopic (exact) mass is 464 g/mol. The van der Waals surface area contributed by atoms with Crippen molar-refractivity contribution in [3.05, 3.63) is 64.6 Å². The molecule has 3 aromatic rings. The lowest BCUT2D eigenvalue weighted by molar-refractivity contribution is -0.123. The van der Waals surface area contributed by atoms with E-state index in [2.05, 4.69) is 22.7 Å². The van der Waals surface area contributed by atoms with Crippen LogP contribution in [0.2, 0.25) is 0 Å². The summed E-state index contributed by atoms with van der Waals surface area (Å²) in [4.78, 5) is 49.4. The molecule has 0 saturated heterocycles. The minimum atomic E-state index is -1.11. The number of hydrogen-bond acceptors (Lipinski definition) is 6. The van der Waals surface area contributed by atoms with Gasteiger partial charge in [-0.25, -0.2) is 9.48 Å². The van der Waals surface area contributed by atoms with E-state index < -0.39 is 18.0 Å². The van der Waals surface area contributed by atoms with Crippen LogP contribution in [0.3, 0.4) is 0 Å². The second kappa shape index (κ2) is 11.2. The molecule has 0 aliphatic rings. The van der Waals surface area contributed by atoms with Crippen LogP contribution in [-0.2, 0) is 20.9 Å². The number of carbonyl (C=O) groups excluding carboxylic acids is 3. The van der Waals surface area contributed by atoms with Crippen molar-refractivity contribution in [3.8, 4) is 0 Å². The Morgan fingerprint density at radius 3 is 2.21 bits per heavy atom. The Kier molecular flexibility index (Phi) is 8.13. The van der Waals surface area contributed by atoms with Gasteiger partial charge in [0.15, 0.2) is 11.8 Å². The summed E-state index contributed by atoms with van der Waals surface area (Å²) in [5.41, 5.74) is 0.801. The van der Waals surface area contributed by atoms with E-state index in [1.165, 1.54) is 18.5 Å². The quantitative estimate of drug-likeness (QED) is 0.368. The van der Waals surface area contributed by atoms with Crippen molar-refractivity contribution in [1.82, 2.24) is 9.78 Å². The van der Waals surface area contributed by atoms with Crippen molar-refractivity contribution >= 4 is 39.9 Å². The third-order valence-electron chi connectivity index (χ3n) is 5.16. The molecule has 9 heteroatoms. The largest absolute Gasteiger partial charge is 0.448 e. The Hall–Kier alpha value is -4.01. The number of amides is 2. The Labute approximate surface area is 197 Å². The molecule has 9 nitrogen and oxygen atoms in total. The van der Waals surface area contributed by atoms with Gasteiger partial charge in [0.25, 0.3) is 11.5 Å². The number of nitrogens with one attached hydrogen (secondary N) is 2. The molecule has 0 aliphatic heterocycles. The average molecular weight is 465 g/mol. The maximum Gasteiger partial charge on any atom is 0.360 e. The molecule has 1 atom stereocenters.